The van der Waals surface area contributed by atoms with Crippen LogP contribution in [0.4, 0.5) is 4.39 Å². The molecule has 0 spiro atoms. The maximum absolute atomic E-state index is 13.1. The first-order valence-corrected chi connectivity index (χ1v) is 6.81. The molecular formula is C13H15BrFN3O. The number of rotatable bonds is 4. The van der Waals surface area contributed by atoms with Gasteiger partial charge in [0.05, 0.1) is 28.2 Å². The van der Waals surface area contributed by atoms with Crippen molar-refractivity contribution in [1.29, 1.82) is 0 Å². The van der Waals surface area contributed by atoms with E-state index in [4.69, 9.17) is 0 Å². The van der Waals surface area contributed by atoms with Gasteiger partial charge in [0.25, 0.3) is 0 Å². The van der Waals surface area contributed by atoms with Gasteiger partial charge in [-0.2, -0.15) is 5.10 Å². The Morgan fingerprint density at radius 2 is 2.21 bits per heavy atom. The second kappa shape index (κ2) is 5.79. The van der Waals surface area contributed by atoms with Crippen LogP contribution in [0.5, 0.6) is 0 Å². The molecule has 2 heterocycles. The zero-order valence-electron chi connectivity index (χ0n) is 10.8. The highest BCUT2D eigenvalue weighted by atomic mass is 79.9. The molecule has 102 valence electrons. The Labute approximate surface area is 119 Å². The molecule has 0 amide bonds. The van der Waals surface area contributed by atoms with Gasteiger partial charge in [0.1, 0.15) is 5.82 Å². The van der Waals surface area contributed by atoms with Gasteiger partial charge in [-0.25, -0.2) is 4.39 Å². The predicted octanol–water partition coefficient (Wildman–Crippen LogP) is 2.56. The summed E-state index contributed by atoms with van der Waals surface area (Å²) in [6.45, 7) is 2.02. The van der Waals surface area contributed by atoms with Gasteiger partial charge >= 0.3 is 0 Å². The van der Waals surface area contributed by atoms with E-state index in [9.17, 15) is 9.50 Å². The van der Waals surface area contributed by atoms with Gasteiger partial charge < -0.3 is 5.11 Å². The average Bonchev–Trinajstić information content (AvgIpc) is 2.66. The van der Waals surface area contributed by atoms with E-state index >= 15 is 0 Å². The first kappa shape index (κ1) is 14.1. The lowest BCUT2D eigenvalue weighted by Crippen LogP contribution is -2.07. The van der Waals surface area contributed by atoms with Gasteiger partial charge in [0.2, 0.25) is 0 Å². The first-order valence-electron chi connectivity index (χ1n) is 6.01. The smallest absolute Gasteiger partial charge is 0.141 e. The molecule has 0 aliphatic rings. The molecule has 1 N–H and O–H groups in total. The summed E-state index contributed by atoms with van der Waals surface area (Å²) < 4.78 is 15.7. The van der Waals surface area contributed by atoms with Crippen molar-refractivity contribution in [2.24, 2.45) is 7.05 Å². The van der Waals surface area contributed by atoms with E-state index < -0.39 is 11.9 Å². The van der Waals surface area contributed by atoms with Crippen LogP contribution in [0.2, 0.25) is 0 Å². The third-order valence-electron chi connectivity index (χ3n) is 3.00. The average molecular weight is 328 g/mol. The zero-order chi connectivity index (χ0) is 14.0. The molecule has 0 aliphatic heterocycles. The van der Waals surface area contributed by atoms with Crippen LogP contribution in [0.3, 0.4) is 0 Å². The summed E-state index contributed by atoms with van der Waals surface area (Å²) in [6, 6.07) is 1.29. The van der Waals surface area contributed by atoms with Crippen LogP contribution in [-0.2, 0) is 19.9 Å². The van der Waals surface area contributed by atoms with E-state index in [-0.39, 0.29) is 0 Å². The van der Waals surface area contributed by atoms with E-state index in [0.29, 0.717) is 12.0 Å². The molecule has 2 aromatic heterocycles. The van der Waals surface area contributed by atoms with E-state index in [0.717, 1.165) is 28.5 Å². The van der Waals surface area contributed by atoms with Gasteiger partial charge in [-0.1, -0.05) is 6.92 Å². The molecule has 0 bridgehead atoms. The Morgan fingerprint density at radius 1 is 1.47 bits per heavy atom. The predicted molar refractivity (Wildman–Crippen MR) is 73.1 cm³/mol. The monoisotopic (exact) mass is 327 g/mol. The Bertz CT molecular complexity index is 585. The summed E-state index contributed by atoms with van der Waals surface area (Å²) in [4.78, 5) is 3.74. The number of aromatic nitrogens is 3. The van der Waals surface area contributed by atoms with Crippen molar-refractivity contribution in [3.63, 3.8) is 0 Å². The normalized spacial score (nSPS) is 12.7. The Kier molecular flexibility index (Phi) is 4.31. The molecule has 19 heavy (non-hydrogen) atoms. The third-order valence-corrected chi connectivity index (χ3v) is 3.92. The molecule has 6 heteroatoms. The minimum absolute atomic E-state index is 0.356. The fourth-order valence-electron chi connectivity index (χ4n) is 1.95. The van der Waals surface area contributed by atoms with E-state index in [1.54, 1.807) is 4.68 Å². The standard InChI is InChI=1S/C13H15BrFN3O/c1-3-10-13(14)11(18(2)17-10)5-12(19)8-4-9(15)7-16-6-8/h4,6-7,12,19H,3,5H2,1-2H3. The van der Waals surface area contributed by atoms with Crippen molar-refractivity contribution >= 4 is 15.9 Å². The molecule has 0 aromatic carbocycles. The third kappa shape index (κ3) is 3.01. The zero-order valence-corrected chi connectivity index (χ0v) is 12.4. The largest absolute Gasteiger partial charge is 0.388 e. The molecule has 0 fully saturated rings. The minimum Gasteiger partial charge on any atom is -0.388 e. The highest BCUT2D eigenvalue weighted by Crippen LogP contribution is 2.26. The number of pyridine rings is 1. The SMILES string of the molecule is CCc1nn(C)c(CC(O)c2cncc(F)c2)c1Br. The van der Waals surface area contributed by atoms with Crippen molar-refractivity contribution in [1.82, 2.24) is 14.8 Å². The molecule has 2 aromatic rings. The van der Waals surface area contributed by atoms with Crippen molar-refractivity contribution in [2.75, 3.05) is 0 Å². The van der Waals surface area contributed by atoms with Crippen LogP contribution in [0.25, 0.3) is 0 Å². The molecule has 4 nitrogen and oxygen atoms in total. The van der Waals surface area contributed by atoms with Crippen LogP contribution in [-0.4, -0.2) is 19.9 Å². The van der Waals surface area contributed by atoms with Crippen molar-refractivity contribution in [2.45, 2.75) is 25.9 Å². The lowest BCUT2D eigenvalue weighted by molar-refractivity contribution is 0.174. The van der Waals surface area contributed by atoms with Gasteiger partial charge in [0.15, 0.2) is 0 Å². The van der Waals surface area contributed by atoms with Gasteiger partial charge in [-0.3, -0.25) is 9.67 Å². The van der Waals surface area contributed by atoms with Crippen LogP contribution in [0, 0.1) is 5.82 Å². The molecule has 0 saturated carbocycles. The summed E-state index contributed by atoms with van der Waals surface area (Å²) in [5, 5.41) is 14.5. The van der Waals surface area contributed by atoms with Crippen LogP contribution in [0.15, 0.2) is 22.9 Å². The molecule has 2 rings (SSSR count). The number of aryl methyl sites for hydroxylation is 2. The van der Waals surface area contributed by atoms with Crippen molar-refractivity contribution in [3.8, 4) is 0 Å². The molecule has 1 unspecified atom stereocenters. The second-order valence-electron chi connectivity index (χ2n) is 4.34. The number of halogens is 2. The topological polar surface area (TPSA) is 50.9 Å². The van der Waals surface area contributed by atoms with Crippen molar-refractivity contribution in [3.05, 3.63) is 45.7 Å². The number of aliphatic hydroxyl groups is 1. The summed E-state index contributed by atoms with van der Waals surface area (Å²) in [7, 11) is 1.83. The number of hydrogen-bond donors (Lipinski definition) is 1. The molecule has 0 radical (unpaired) electrons. The molecule has 0 aliphatic carbocycles. The number of hydrogen-bond acceptors (Lipinski definition) is 3. The first-order chi connectivity index (χ1) is 9.02. The summed E-state index contributed by atoms with van der Waals surface area (Å²) >= 11 is 3.49. The summed E-state index contributed by atoms with van der Waals surface area (Å²) in [5.41, 5.74) is 2.29. The Hall–Kier alpha value is -1.27. The fourth-order valence-corrected chi connectivity index (χ4v) is 2.73. The maximum atomic E-state index is 13.1. The summed E-state index contributed by atoms with van der Waals surface area (Å²) in [6.07, 6.45) is 2.95. The Morgan fingerprint density at radius 3 is 2.79 bits per heavy atom. The number of nitrogens with zero attached hydrogens (tertiary/aromatic N) is 3. The lowest BCUT2D eigenvalue weighted by atomic mass is 10.1. The van der Waals surface area contributed by atoms with Crippen molar-refractivity contribution < 1.29 is 9.50 Å². The van der Waals surface area contributed by atoms with Gasteiger partial charge in [0, 0.05) is 25.2 Å². The van der Waals surface area contributed by atoms with Crippen LogP contribution in [0.1, 0.15) is 30.0 Å². The van der Waals surface area contributed by atoms with E-state index in [1.807, 2.05) is 14.0 Å². The Balaban J connectivity index is 2.24. The van der Waals surface area contributed by atoms with Gasteiger partial charge in [-0.15, -0.1) is 0 Å². The highest BCUT2D eigenvalue weighted by Gasteiger charge is 2.17. The number of aliphatic hydroxyl groups excluding tert-OH is 1. The lowest BCUT2D eigenvalue weighted by Gasteiger charge is -2.11. The van der Waals surface area contributed by atoms with E-state index in [1.165, 1.54) is 12.3 Å². The quantitative estimate of drug-likeness (QED) is 0.938. The fraction of sp³-hybridized carbons (Fsp3) is 0.385. The highest BCUT2D eigenvalue weighted by molar-refractivity contribution is 9.10. The molecular weight excluding hydrogens is 313 g/mol. The molecule has 0 saturated heterocycles. The molecule has 1 atom stereocenters. The second-order valence-corrected chi connectivity index (χ2v) is 5.13. The van der Waals surface area contributed by atoms with Gasteiger partial charge in [-0.05, 0) is 28.4 Å². The summed E-state index contributed by atoms with van der Waals surface area (Å²) in [5.74, 6) is -0.449. The van der Waals surface area contributed by atoms with Crippen LogP contribution >= 0.6 is 15.9 Å². The maximum Gasteiger partial charge on any atom is 0.141 e. The van der Waals surface area contributed by atoms with E-state index in [2.05, 4.69) is 26.0 Å². The minimum atomic E-state index is -0.806. The van der Waals surface area contributed by atoms with Crippen LogP contribution < -0.4 is 0 Å².